The highest BCUT2D eigenvalue weighted by atomic mass is 35.5. The number of ether oxygens (including phenoxy) is 1. The molecule has 0 fully saturated rings. The lowest BCUT2D eigenvalue weighted by Crippen LogP contribution is -2.34. The van der Waals surface area contributed by atoms with Gasteiger partial charge in [-0.1, -0.05) is 36.2 Å². The summed E-state index contributed by atoms with van der Waals surface area (Å²) >= 11 is 11.8. The quantitative estimate of drug-likeness (QED) is 0.517. The maximum atomic E-state index is 12.0. The highest BCUT2D eigenvalue weighted by Crippen LogP contribution is 2.19. The van der Waals surface area contributed by atoms with Gasteiger partial charge in [-0.2, -0.15) is 5.10 Å². The Morgan fingerprint density at radius 3 is 2.56 bits per heavy atom. The number of nitrogens with zero attached hydrogens (tertiary/aromatic N) is 1. The summed E-state index contributed by atoms with van der Waals surface area (Å²) < 4.78 is 5.46. The van der Waals surface area contributed by atoms with Crippen LogP contribution in [0.1, 0.15) is 29.3 Å². The summed E-state index contributed by atoms with van der Waals surface area (Å²) in [7, 11) is 0. The second-order valence-electron chi connectivity index (χ2n) is 5.51. The minimum absolute atomic E-state index is 0.210. The van der Waals surface area contributed by atoms with Crippen molar-refractivity contribution in [3.63, 3.8) is 0 Å². The standard InChI is InChI=1S/C19H19Cl2N3O3/c1-2-9-27-16-7-4-13(5-8-16)19(26)22-12-18(25)24-23-11-14-3-6-15(20)10-17(14)21/h3-8,10-11H,2,9,12H2,1H3,(H,22,26)(H,24,25)/b23-11+. The second-order valence-corrected chi connectivity index (χ2v) is 6.36. The number of hydrogen-bond acceptors (Lipinski definition) is 4. The fourth-order valence-electron chi connectivity index (χ4n) is 2.00. The van der Waals surface area contributed by atoms with Crippen molar-refractivity contribution < 1.29 is 14.3 Å². The van der Waals surface area contributed by atoms with Crippen LogP contribution in [-0.2, 0) is 4.79 Å². The van der Waals surface area contributed by atoms with Crippen LogP contribution in [0, 0.1) is 0 Å². The molecule has 0 saturated heterocycles. The molecule has 0 aliphatic heterocycles. The van der Waals surface area contributed by atoms with Crippen molar-refractivity contribution in [3.05, 3.63) is 63.6 Å². The fourth-order valence-corrected chi connectivity index (χ4v) is 2.46. The SMILES string of the molecule is CCCOc1ccc(C(=O)NCC(=O)N/N=C/c2ccc(Cl)cc2Cl)cc1. The van der Waals surface area contributed by atoms with Crippen molar-refractivity contribution in [2.45, 2.75) is 13.3 Å². The molecule has 0 unspecified atom stereocenters. The highest BCUT2D eigenvalue weighted by molar-refractivity contribution is 6.36. The molecular formula is C19H19Cl2N3O3. The summed E-state index contributed by atoms with van der Waals surface area (Å²) in [6.45, 7) is 2.42. The number of rotatable bonds is 8. The number of hydrazone groups is 1. The Balaban J connectivity index is 1.79. The fraction of sp³-hybridized carbons (Fsp3) is 0.211. The van der Waals surface area contributed by atoms with Crippen LogP contribution in [0.4, 0.5) is 0 Å². The Morgan fingerprint density at radius 2 is 1.89 bits per heavy atom. The van der Waals surface area contributed by atoms with Crippen molar-refractivity contribution in [2.75, 3.05) is 13.2 Å². The van der Waals surface area contributed by atoms with Gasteiger partial charge in [-0.15, -0.1) is 0 Å². The molecule has 0 aliphatic carbocycles. The molecule has 2 rings (SSSR count). The van der Waals surface area contributed by atoms with Crippen molar-refractivity contribution in [1.82, 2.24) is 10.7 Å². The minimum atomic E-state index is -0.465. The molecule has 2 aromatic carbocycles. The van der Waals surface area contributed by atoms with E-state index in [4.69, 9.17) is 27.9 Å². The summed E-state index contributed by atoms with van der Waals surface area (Å²) in [5, 5.41) is 7.25. The molecule has 2 amide bonds. The predicted molar refractivity (Wildman–Crippen MR) is 107 cm³/mol. The van der Waals surface area contributed by atoms with E-state index in [1.807, 2.05) is 6.92 Å². The third kappa shape index (κ3) is 6.92. The summed E-state index contributed by atoms with van der Waals surface area (Å²) in [4.78, 5) is 23.8. The summed E-state index contributed by atoms with van der Waals surface area (Å²) in [5.41, 5.74) is 3.36. The normalized spacial score (nSPS) is 10.6. The first-order valence-corrected chi connectivity index (χ1v) is 9.03. The number of nitrogens with one attached hydrogen (secondary N) is 2. The molecule has 0 aliphatic rings. The van der Waals surface area contributed by atoms with E-state index < -0.39 is 5.91 Å². The molecule has 8 heteroatoms. The Kier molecular flexibility index (Phi) is 8.10. The predicted octanol–water partition coefficient (Wildman–Crippen LogP) is 3.66. The molecular weight excluding hydrogens is 389 g/mol. The van der Waals surface area contributed by atoms with Crippen LogP contribution in [0.25, 0.3) is 0 Å². The number of benzene rings is 2. The first kappa shape index (κ1) is 20.7. The minimum Gasteiger partial charge on any atom is -0.494 e. The number of halogens is 2. The average molecular weight is 408 g/mol. The lowest BCUT2D eigenvalue weighted by Gasteiger charge is -2.07. The second kappa shape index (κ2) is 10.5. The molecule has 0 aromatic heterocycles. The molecule has 0 atom stereocenters. The highest BCUT2D eigenvalue weighted by Gasteiger charge is 2.08. The first-order chi connectivity index (χ1) is 13.0. The zero-order valence-corrected chi connectivity index (χ0v) is 16.2. The van der Waals surface area contributed by atoms with Gasteiger partial charge < -0.3 is 10.1 Å². The van der Waals surface area contributed by atoms with Crippen molar-refractivity contribution in [2.24, 2.45) is 5.10 Å². The smallest absolute Gasteiger partial charge is 0.259 e. The lowest BCUT2D eigenvalue weighted by molar-refractivity contribution is -0.120. The van der Waals surface area contributed by atoms with Crippen LogP contribution in [0.2, 0.25) is 10.0 Å². The number of carbonyl (C=O) groups excluding carboxylic acids is 2. The van der Waals surface area contributed by atoms with Gasteiger partial charge in [-0.3, -0.25) is 9.59 Å². The van der Waals surface area contributed by atoms with Gasteiger partial charge in [0.25, 0.3) is 11.8 Å². The van der Waals surface area contributed by atoms with Gasteiger partial charge >= 0.3 is 0 Å². The van der Waals surface area contributed by atoms with Crippen LogP contribution in [0.5, 0.6) is 5.75 Å². The molecule has 0 radical (unpaired) electrons. The molecule has 0 saturated carbocycles. The molecule has 0 heterocycles. The summed E-state index contributed by atoms with van der Waals surface area (Å²) in [6, 6.07) is 11.6. The van der Waals surface area contributed by atoms with Gasteiger partial charge in [-0.05, 0) is 42.8 Å². The Morgan fingerprint density at radius 1 is 1.15 bits per heavy atom. The molecule has 6 nitrogen and oxygen atoms in total. The van der Waals surface area contributed by atoms with E-state index in [1.54, 1.807) is 42.5 Å². The van der Waals surface area contributed by atoms with E-state index in [0.29, 0.717) is 33.5 Å². The Bertz CT molecular complexity index is 823. The topological polar surface area (TPSA) is 79.8 Å². The van der Waals surface area contributed by atoms with Crippen molar-refractivity contribution >= 4 is 41.2 Å². The molecule has 0 spiro atoms. The molecule has 2 aromatic rings. The van der Waals surface area contributed by atoms with Gasteiger partial charge in [0.1, 0.15) is 5.75 Å². The van der Waals surface area contributed by atoms with Crippen molar-refractivity contribution in [1.29, 1.82) is 0 Å². The number of amides is 2. The van der Waals surface area contributed by atoms with Gasteiger partial charge in [0, 0.05) is 16.1 Å². The Labute approximate surface area is 167 Å². The first-order valence-electron chi connectivity index (χ1n) is 8.27. The van der Waals surface area contributed by atoms with Crippen LogP contribution in [0.3, 0.4) is 0 Å². The zero-order valence-electron chi connectivity index (χ0n) is 14.7. The van der Waals surface area contributed by atoms with E-state index in [9.17, 15) is 9.59 Å². The molecule has 27 heavy (non-hydrogen) atoms. The van der Waals surface area contributed by atoms with Crippen LogP contribution in [-0.4, -0.2) is 31.2 Å². The Hall–Kier alpha value is -2.57. The molecule has 142 valence electrons. The van der Waals surface area contributed by atoms with Gasteiger partial charge in [0.2, 0.25) is 0 Å². The van der Waals surface area contributed by atoms with Crippen LogP contribution < -0.4 is 15.5 Å². The maximum absolute atomic E-state index is 12.0. The van der Waals surface area contributed by atoms with Gasteiger partial charge in [0.15, 0.2) is 0 Å². The maximum Gasteiger partial charge on any atom is 0.259 e. The monoisotopic (exact) mass is 407 g/mol. The van der Waals surface area contributed by atoms with E-state index in [2.05, 4.69) is 15.8 Å². The molecule has 0 bridgehead atoms. The van der Waals surface area contributed by atoms with Crippen LogP contribution in [0.15, 0.2) is 47.6 Å². The number of carbonyl (C=O) groups is 2. The average Bonchev–Trinajstić information content (AvgIpc) is 2.66. The third-order valence-electron chi connectivity index (χ3n) is 3.35. The lowest BCUT2D eigenvalue weighted by atomic mass is 10.2. The van der Waals surface area contributed by atoms with E-state index in [-0.39, 0.29) is 12.5 Å². The van der Waals surface area contributed by atoms with E-state index in [1.165, 1.54) is 6.21 Å². The summed E-state index contributed by atoms with van der Waals surface area (Å²) in [6.07, 6.45) is 2.30. The zero-order chi connectivity index (χ0) is 19.6. The van der Waals surface area contributed by atoms with Crippen LogP contribution >= 0.6 is 23.2 Å². The summed E-state index contributed by atoms with van der Waals surface area (Å²) in [5.74, 6) is -0.133. The largest absolute Gasteiger partial charge is 0.494 e. The van der Waals surface area contributed by atoms with E-state index >= 15 is 0 Å². The van der Waals surface area contributed by atoms with E-state index in [0.717, 1.165) is 6.42 Å². The number of hydrogen-bond donors (Lipinski definition) is 2. The van der Waals surface area contributed by atoms with Gasteiger partial charge in [0.05, 0.1) is 24.4 Å². The van der Waals surface area contributed by atoms with Gasteiger partial charge in [-0.25, -0.2) is 5.43 Å². The molecule has 2 N–H and O–H groups in total. The van der Waals surface area contributed by atoms with Crippen molar-refractivity contribution in [3.8, 4) is 5.75 Å². The third-order valence-corrected chi connectivity index (χ3v) is 3.92.